The van der Waals surface area contributed by atoms with Crippen LogP contribution in [-0.4, -0.2) is 42.3 Å². The molecule has 1 aromatic carbocycles. The lowest BCUT2D eigenvalue weighted by Crippen LogP contribution is -2.38. The van der Waals surface area contributed by atoms with Crippen molar-refractivity contribution >= 4 is 50.0 Å². The molecule has 2 aliphatic heterocycles. The second-order valence-electron chi connectivity index (χ2n) is 6.87. The molecule has 0 aliphatic carbocycles. The van der Waals surface area contributed by atoms with Gasteiger partial charge in [0, 0.05) is 16.9 Å². The van der Waals surface area contributed by atoms with E-state index in [9.17, 15) is 26.4 Å². The molecule has 0 spiro atoms. The molecule has 154 valence electrons. The summed E-state index contributed by atoms with van der Waals surface area (Å²) in [5.74, 6) is -1.03. The zero-order valence-corrected chi connectivity index (χ0v) is 17.4. The number of nitrogens with zero attached hydrogens (tertiary/aromatic N) is 2. The Kier molecular flexibility index (Phi) is 5.77. The number of hydrogen-bond donors (Lipinski definition) is 0. The van der Waals surface area contributed by atoms with Crippen molar-refractivity contribution in [3.05, 3.63) is 28.8 Å². The Morgan fingerprint density at radius 2 is 2.07 bits per heavy atom. The Morgan fingerprint density at radius 3 is 2.68 bits per heavy atom. The number of thioether (sulfide) groups is 1. The molecule has 1 aromatic rings. The van der Waals surface area contributed by atoms with Crippen LogP contribution in [0, 0.1) is 5.92 Å². The summed E-state index contributed by atoms with van der Waals surface area (Å²) in [5, 5.41) is -0.614. The highest BCUT2D eigenvalue weighted by molar-refractivity contribution is 8.16. The van der Waals surface area contributed by atoms with Crippen molar-refractivity contribution in [3.63, 3.8) is 0 Å². The zero-order valence-electron chi connectivity index (χ0n) is 15.0. The first-order chi connectivity index (χ1) is 12.9. The van der Waals surface area contributed by atoms with Gasteiger partial charge in [-0.25, -0.2) is 8.42 Å². The molecule has 28 heavy (non-hydrogen) atoms. The average molecular weight is 455 g/mol. The molecule has 0 N–H and O–H groups in total. The Morgan fingerprint density at radius 1 is 1.39 bits per heavy atom. The number of carbonyl (C=O) groups excluding carboxylic acids is 1. The molecule has 3 atom stereocenters. The van der Waals surface area contributed by atoms with Crippen LogP contribution >= 0.6 is 23.4 Å². The molecule has 3 rings (SSSR count). The van der Waals surface area contributed by atoms with E-state index < -0.39 is 37.9 Å². The van der Waals surface area contributed by atoms with Crippen molar-refractivity contribution in [2.75, 3.05) is 16.4 Å². The number of rotatable bonds is 3. The summed E-state index contributed by atoms with van der Waals surface area (Å²) in [5.41, 5.74) is -0.905. The van der Waals surface area contributed by atoms with E-state index >= 15 is 0 Å². The second-order valence-corrected chi connectivity index (χ2v) is 10.6. The van der Waals surface area contributed by atoms with E-state index in [1.54, 1.807) is 6.92 Å². The normalized spacial score (nSPS) is 26.5. The van der Waals surface area contributed by atoms with E-state index in [1.807, 2.05) is 6.92 Å². The van der Waals surface area contributed by atoms with Gasteiger partial charge < -0.3 is 4.90 Å². The highest BCUT2D eigenvalue weighted by Crippen LogP contribution is 2.43. The van der Waals surface area contributed by atoms with Gasteiger partial charge in [0.1, 0.15) is 0 Å². The predicted octanol–water partition coefficient (Wildman–Crippen LogP) is 4.01. The van der Waals surface area contributed by atoms with E-state index in [0.29, 0.717) is 6.42 Å². The van der Waals surface area contributed by atoms with E-state index in [0.717, 1.165) is 23.9 Å². The summed E-state index contributed by atoms with van der Waals surface area (Å²) >= 11 is 6.82. The molecular weight excluding hydrogens is 437 g/mol. The molecule has 0 bridgehead atoms. The third-order valence-corrected chi connectivity index (χ3v) is 8.38. The molecule has 2 aliphatic rings. The number of anilines is 1. The van der Waals surface area contributed by atoms with Crippen LogP contribution in [0.4, 0.5) is 18.9 Å². The zero-order chi connectivity index (χ0) is 20.9. The first-order valence-electron chi connectivity index (χ1n) is 8.58. The summed E-state index contributed by atoms with van der Waals surface area (Å²) in [4.78, 5) is 17.8. The Bertz CT molecular complexity index is 934. The number of benzene rings is 1. The molecule has 2 fully saturated rings. The number of halogens is 4. The Labute approximate surface area is 170 Å². The van der Waals surface area contributed by atoms with Gasteiger partial charge in [-0.05, 0) is 24.6 Å². The van der Waals surface area contributed by atoms with Gasteiger partial charge in [0.05, 0.1) is 28.1 Å². The van der Waals surface area contributed by atoms with Gasteiger partial charge in [-0.1, -0.05) is 37.2 Å². The summed E-state index contributed by atoms with van der Waals surface area (Å²) < 4.78 is 63.9. The number of amides is 1. The third-order valence-electron chi connectivity index (χ3n) is 4.84. The molecule has 0 radical (unpaired) electrons. The highest BCUT2D eigenvalue weighted by atomic mass is 35.5. The molecule has 2 saturated heterocycles. The first kappa shape index (κ1) is 21.4. The minimum Gasteiger partial charge on any atom is -0.316 e. The SMILES string of the molecule is CC[C@H](C)C(=O)N=C1S[C@H]2CS(=O)(=O)C[C@H]2N1c1ccc(Cl)c(C(F)(F)F)c1. The number of alkyl halides is 3. The van der Waals surface area contributed by atoms with E-state index in [-0.39, 0.29) is 34.2 Å². The van der Waals surface area contributed by atoms with Gasteiger partial charge in [-0.15, -0.1) is 0 Å². The van der Waals surface area contributed by atoms with E-state index in [4.69, 9.17) is 11.6 Å². The van der Waals surface area contributed by atoms with Crippen LogP contribution < -0.4 is 4.90 Å². The van der Waals surface area contributed by atoms with Gasteiger partial charge >= 0.3 is 6.18 Å². The van der Waals surface area contributed by atoms with Crippen LogP contribution in [0.15, 0.2) is 23.2 Å². The van der Waals surface area contributed by atoms with Crippen molar-refractivity contribution in [3.8, 4) is 0 Å². The highest BCUT2D eigenvalue weighted by Gasteiger charge is 2.50. The van der Waals surface area contributed by atoms with Crippen LogP contribution in [0.1, 0.15) is 25.8 Å². The van der Waals surface area contributed by atoms with E-state index in [2.05, 4.69) is 4.99 Å². The largest absolute Gasteiger partial charge is 0.417 e. The fourth-order valence-electron chi connectivity index (χ4n) is 3.13. The van der Waals surface area contributed by atoms with Gasteiger partial charge in [0.15, 0.2) is 15.0 Å². The van der Waals surface area contributed by atoms with Gasteiger partial charge in [0.2, 0.25) is 0 Å². The summed E-state index contributed by atoms with van der Waals surface area (Å²) in [6.07, 6.45) is -4.09. The number of carbonyl (C=O) groups is 1. The summed E-state index contributed by atoms with van der Waals surface area (Å²) in [6.45, 7) is 3.55. The van der Waals surface area contributed by atoms with Gasteiger partial charge in [-0.2, -0.15) is 18.2 Å². The Balaban J connectivity index is 2.07. The molecular formula is C17H18ClF3N2O3S2. The molecule has 0 saturated carbocycles. The minimum absolute atomic E-state index is 0.102. The minimum atomic E-state index is -4.66. The average Bonchev–Trinajstić information content (AvgIpc) is 3.04. The maximum Gasteiger partial charge on any atom is 0.417 e. The van der Waals surface area contributed by atoms with Crippen molar-refractivity contribution in [1.82, 2.24) is 0 Å². The summed E-state index contributed by atoms with van der Waals surface area (Å²) in [6, 6.07) is 2.80. The lowest BCUT2D eigenvalue weighted by Gasteiger charge is -2.25. The van der Waals surface area contributed by atoms with Crippen LogP contribution in [-0.2, 0) is 20.8 Å². The number of hydrogen-bond acceptors (Lipinski definition) is 4. The monoisotopic (exact) mass is 454 g/mol. The molecule has 1 amide bonds. The smallest absolute Gasteiger partial charge is 0.316 e. The van der Waals surface area contributed by atoms with Crippen LogP contribution in [0.5, 0.6) is 0 Å². The lowest BCUT2D eigenvalue weighted by molar-refractivity contribution is -0.137. The van der Waals surface area contributed by atoms with E-state index in [1.165, 1.54) is 11.0 Å². The predicted molar refractivity (Wildman–Crippen MR) is 105 cm³/mol. The number of amidine groups is 1. The van der Waals surface area contributed by atoms with Crippen molar-refractivity contribution in [1.29, 1.82) is 0 Å². The first-order valence-corrected chi connectivity index (χ1v) is 11.7. The Hall–Kier alpha value is -1.26. The molecule has 0 aromatic heterocycles. The lowest BCUT2D eigenvalue weighted by atomic mass is 10.1. The fraction of sp³-hybridized carbons (Fsp3) is 0.529. The van der Waals surface area contributed by atoms with Crippen molar-refractivity contribution < 1.29 is 26.4 Å². The van der Waals surface area contributed by atoms with Crippen LogP contribution in [0.2, 0.25) is 5.02 Å². The van der Waals surface area contributed by atoms with Crippen LogP contribution in [0.25, 0.3) is 0 Å². The topological polar surface area (TPSA) is 66.8 Å². The molecule has 11 heteroatoms. The van der Waals surface area contributed by atoms with Gasteiger partial charge in [0.25, 0.3) is 5.91 Å². The molecule has 5 nitrogen and oxygen atoms in total. The standard InChI is InChI=1S/C17H18ClF3N2O3S2/c1-3-9(2)15(24)22-16-23(13-7-28(25,26)8-14(13)27-16)10-4-5-12(18)11(6-10)17(19,20)21/h4-6,9,13-14H,3,7-8H2,1-2H3/t9-,13+,14-/m0/s1. The second kappa shape index (κ2) is 7.53. The molecule has 0 unspecified atom stereocenters. The number of aliphatic imine (C=N–C) groups is 1. The molecule has 2 heterocycles. The van der Waals surface area contributed by atoms with Crippen molar-refractivity contribution in [2.45, 2.75) is 37.7 Å². The van der Waals surface area contributed by atoms with Crippen LogP contribution in [0.3, 0.4) is 0 Å². The fourth-order valence-corrected chi connectivity index (χ4v) is 7.27. The van der Waals surface area contributed by atoms with Gasteiger partial charge in [-0.3, -0.25) is 4.79 Å². The maximum atomic E-state index is 13.3. The third kappa shape index (κ3) is 4.18. The number of fused-ring (bicyclic) bond motifs is 1. The summed E-state index contributed by atoms with van der Waals surface area (Å²) in [7, 11) is -3.32. The number of sulfone groups is 1. The quantitative estimate of drug-likeness (QED) is 0.690. The van der Waals surface area contributed by atoms with Crippen molar-refractivity contribution in [2.24, 2.45) is 10.9 Å². The maximum absolute atomic E-state index is 13.3.